The van der Waals surface area contributed by atoms with Crippen molar-refractivity contribution in [3.05, 3.63) is 0 Å². The number of carbonyl (C=O) groups is 1. The van der Waals surface area contributed by atoms with Crippen LogP contribution in [0.15, 0.2) is 0 Å². The van der Waals surface area contributed by atoms with Gasteiger partial charge < -0.3 is 10.1 Å². The summed E-state index contributed by atoms with van der Waals surface area (Å²) in [6.07, 6.45) is 2.05. The quantitative estimate of drug-likeness (QED) is 0.463. The van der Waals surface area contributed by atoms with Crippen LogP contribution in [0.1, 0.15) is 20.3 Å². The van der Waals surface area contributed by atoms with E-state index in [9.17, 15) is 4.79 Å². The molecule has 0 atom stereocenters. The van der Waals surface area contributed by atoms with Crippen molar-refractivity contribution in [1.82, 2.24) is 10.1 Å². The SMILES string of the molecule is CCCN[B]CCN(C)C(C)=O. The molecule has 0 aromatic heterocycles. The van der Waals surface area contributed by atoms with E-state index in [1.54, 1.807) is 11.8 Å². The minimum absolute atomic E-state index is 0.124. The molecule has 0 aliphatic rings. The van der Waals surface area contributed by atoms with Gasteiger partial charge in [-0.2, -0.15) is 0 Å². The number of hydrogen-bond donors (Lipinski definition) is 1. The zero-order chi connectivity index (χ0) is 9.40. The van der Waals surface area contributed by atoms with Gasteiger partial charge in [0.25, 0.3) is 0 Å². The van der Waals surface area contributed by atoms with Crippen molar-refractivity contribution in [2.75, 3.05) is 20.1 Å². The number of carbonyl (C=O) groups excluding carboxylic acids is 1. The maximum Gasteiger partial charge on any atom is 0.219 e. The van der Waals surface area contributed by atoms with Gasteiger partial charge in [0, 0.05) is 20.5 Å². The van der Waals surface area contributed by atoms with E-state index in [0.29, 0.717) is 0 Å². The Kier molecular flexibility index (Phi) is 6.86. The summed E-state index contributed by atoms with van der Waals surface area (Å²) in [5, 5.41) is 3.17. The van der Waals surface area contributed by atoms with Crippen LogP contribution in [0.2, 0.25) is 6.32 Å². The summed E-state index contributed by atoms with van der Waals surface area (Å²) in [7, 11) is 3.83. The first kappa shape index (κ1) is 11.5. The standard InChI is InChI=1S/C8H18BN2O/c1-4-6-10-9-5-7-11(3)8(2)12/h10H,4-7H2,1-3H3. The van der Waals surface area contributed by atoms with Crippen LogP contribution in [0.25, 0.3) is 0 Å². The highest BCUT2D eigenvalue weighted by Gasteiger charge is 2.00. The molecule has 0 aliphatic carbocycles. The first-order valence-corrected chi connectivity index (χ1v) is 4.45. The molecule has 0 unspecified atom stereocenters. The van der Waals surface area contributed by atoms with Gasteiger partial charge >= 0.3 is 0 Å². The van der Waals surface area contributed by atoms with Gasteiger partial charge in [0.1, 0.15) is 0 Å². The Morgan fingerprint density at radius 1 is 1.58 bits per heavy atom. The van der Waals surface area contributed by atoms with Crippen LogP contribution < -0.4 is 5.23 Å². The number of rotatable bonds is 6. The average Bonchev–Trinajstić information content (AvgIpc) is 2.03. The molecule has 69 valence electrons. The zero-order valence-corrected chi connectivity index (χ0v) is 8.26. The Hall–Kier alpha value is -0.505. The summed E-state index contributed by atoms with van der Waals surface area (Å²) in [5.41, 5.74) is 0. The highest BCUT2D eigenvalue weighted by atomic mass is 16.2. The van der Waals surface area contributed by atoms with Crippen LogP contribution in [0.5, 0.6) is 0 Å². The lowest BCUT2D eigenvalue weighted by Crippen LogP contribution is -2.29. The van der Waals surface area contributed by atoms with E-state index < -0.39 is 0 Å². The highest BCUT2D eigenvalue weighted by Crippen LogP contribution is 1.86. The molecule has 0 bridgehead atoms. The summed E-state index contributed by atoms with van der Waals surface area (Å²) >= 11 is 0. The van der Waals surface area contributed by atoms with E-state index in [1.807, 2.05) is 14.5 Å². The molecule has 0 heterocycles. The zero-order valence-electron chi connectivity index (χ0n) is 8.26. The molecule has 0 saturated heterocycles. The summed E-state index contributed by atoms with van der Waals surface area (Å²) in [6, 6.07) is 0. The van der Waals surface area contributed by atoms with Crippen molar-refractivity contribution in [1.29, 1.82) is 0 Å². The van der Waals surface area contributed by atoms with Gasteiger partial charge in [-0.05, 0) is 19.3 Å². The Labute approximate surface area is 75.8 Å². The van der Waals surface area contributed by atoms with Crippen LogP contribution in [-0.4, -0.2) is 38.4 Å². The number of nitrogens with one attached hydrogen (secondary N) is 1. The fourth-order valence-corrected chi connectivity index (χ4v) is 0.764. The minimum Gasteiger partial charge on any atom is -0.360 e. The molecule has 4 heteroatoms. The van der Waals surface area contributed by atoms with Crippen LogP contribution in [0, 0.1) is 0 Å². The molecule has 0 saturated carbocycles. The van der Waals surface area contributed by atoms with Crippen molar-refractivity contribution in [3.63, 3.8) is 0 Å². The first-order chi connectivity index (χ1) is 5.68. The molecule has 0 spiro atoms. The fourth-order valence-electron chi connectivity index (χ4n) is 0.764. The van der Waals surface area contributed by atoms with Gasteiger partial charge in [0.15, 0.2) is 0 Å². The second kappa shape index (κ2) is 7.16. The average molecular weight is 169 g/mol. The third kappa shape index (κ3) is 6.22. The normalized spacial score (nSPS) is 9.58. The topological polar surface area (TPSA) is 32.3 Å². The Morgan fingerprint density at radius 3 is 2.75 bits per heavy atom. The van der Waals surface area contributed by atoms with E-state index in [4.69, 9.17) is 0 Å². The lowest BCUT2D eigenvalue weighted by molar-refractivity contribution is -0.127. The van der Waals surface area contributed by atoms with E-state index in [0.717, 1.165) is 25.8 Å². The lowest BCUT2D eigenvalue weighted by atomic mass is 9.89. The summed E-state index contributed by atoms with van der Waals surface area (Å²) in [4.78, 5) is 12.5. The molecule has 3 nitrogen and oxygen atoms in total. The molecule has 0 aliphatic heterocycles. The third-order valence-electron chi connectivity index (χ3n) is 1.69. The van der Waals surface area contributed by atoms with Crippen molar-refractivity contribution in [2.24, 2.45) is 0 Å². The van der Waals surface area contributed by atoms with Gasteiger partial charge in [-0.1, -0.05) is 6.92 Å². The highest BCUT2D eigenvalue weighted by molar-refractivity contribution is 6.32. The molecular weight excluding hydrogens is 151 g/mol. The third-order valence-corrected chi connectivity index (χ3v) is 1.69. The predicted molar refractivity (Wildman–Crippen MR) is 52.2 cm³/mol. The maximum absolute atomic E-state index is 10.8. The predicted octanol–water partition coefficient (Wildman–Crippen LogP) is 0.502. The van der Waals surface area contributed by atoms with Crippen molar-refractivity contribution < 1.29 is 4.79 Å². The van der Waals surface area contributed by atoms with E-state index in [1.165, 1.54) is 0 Å². The van der Waals surface area contributed by atoms with Gasteiger partial charge in [0.05, 0.1) is 0 Å². The van der Waals surface area contributed by atoms with E-state index >= 15 is 0 Å². The van der Waals surface area contributed by atoms with E-state index in [2.05, 4.69) is 12.2 Å². The van der Waals surface area contributed by atoms with Crippen LogP contribution in [0.4, 0.5) is 0 Å². The van der Waals surface area contributed by atoms with Crippen molar-refractivity contribution >= 4 is 13.3 Å². The van der Waals surface area contributed by atoms with Crippen LogP contribution in [-0.2, 0) is 4.79 Å². The van der Waals surface area contributed by atoms with Crippen LogP contribution in [0.3, 0.4) is 0 Å². The second-order valence-corrected chi connectivity index (χ2v) is 2.89. The first-order valence-electron chi connectivity index (χ1n) is 4.45. The molecule has 1 N–H and O–H groups in total. The van der Waals surface area contributed by atoms with E-state index in [-0.39, 0.29) is 5.91 Å². The smallest absolute Gasteiger partial charge is 0.219 e. The molecule has 12 heavy (non-hydrogen) atoms. The maximum atomic E-state index is 10.8. The van der Waals surface area contributed by atoms with Crippen molar-refractivity contribution in [3.8, 4) is 0 Å². The Bertz CT molecular complexity index is 130. The number of amides is 1. The molecule has 0 aromatic rings. The fraction of sp³-hybridized carbons (Fsp3) is 0.875. The molecule has 0 fully saturated rings. The largest absolute Gasteiger partial charge is 0.360 e. The second-order valence-electron chi connectivity index (χ2n) is 2.89. The molecular formula is C8H18BN2O. The minimum atomic E-state index is 0.124. The van der Waals surface area contributed by atoms with Gasteiger partial charge in [0.2, 0.25) is 13.3 Å². The van der Waals surface area contributed by atoms with Gasteiger partial charge in [-0.25, -0.2) is 0 Å². The van der Waals surface area contributed by atoms with Crippen molar-refractivity contribution in [2.45, 2.75) is 26.6 Å². The molecule has 1 amide bonds. The summed E-state index contributed by atoms with van der Waals surface area (Å²) in [5.74, 6) is 0.124. The molecule has 0 aromatic carbocycles. The molecule has 1 radical (unpaired) electrons. The summed E-state index contributed by atoms with van der Waals surface area (Å²) < 4.78 is 0. The van der Waals surface area contributed by atoms with Gasteiger partial charge in [-0.15, -0.1) is 0 Å². The Balaban J connectivity index is 3.14. The molecule has 0 rings (SSSR count). The number of nitrogens with zero attached hydrogens (tertiary/aromatic N) is 1. The van der Waals surface area contributed by atoms with Gasteiger partial charge in [-0.3, -0.25) is 4.79 Å². The Morgan fingerprint density at radius 2 is 2.25 bits per heavy atom. The number of hydrogen-bond acceptors (Lipinski definition) is 2. The summed E-state index contributed by atoms with van der Waals surface area (Å²) in [6.45, 7) is 5.53. The monoisotopic (exact) mass is 169 g/mol. The van der Waals surface area contributed by atoms with Crippen LogP contribution >= 0.6 is 0 Å². The lowest BCUT2D eigenvalue weighted by Gasteiger charge is -2.13.